The van der Waals surface area contributed by atoms with Crippen molar-refractivity contribution in [2.45, 2.75) is 58.9 Å². The van der Waals surface area contributed by atoms with E-state index in [1.165, 1.54) is 12.0 Å². The van der Waals surface area contributed by atoms with E-state index >= 15 is 0 Å². The number of piperidine rings is 1. The molecule has 1 atom stereocenters. The van der Waals surface area contributed by atoms with Crippen molar-refractivity contribution in [3.05, 3.63) is 40.2 Å². The van der Waals surface area contributed by atoms with Crippen LogP contribution in [-0.4, -0.2) is 55.0 Å². The predicted octanol–water partition coefficient (Wildman–Crippen LogP) is 4.27. The summed E-state index contributed by atoms with van der Waals surface area (Å²) in [4.78, 5) is 6.26. The highest BCUT2D eigenvalue weighted by Crippen LogP contribution is 2.39. The fourth-order valence-electron chi connectivity index (χ4n) is 5.22. The van der Waals surface area contributed by atoms with Crippen molar-refractivity contribution in [2.24, 2.45) is 0 Å². The number of hydrogen-bond acceptors (Lipinski definition) is 4. The monoisotopic (exact) mass is 408 g/mol. The van der Waals surface area contributed by atoms with Crippen LogP contribution in [0, 0.1) is 20.8 Å². The van der Waals surface area contributed by atoms with Crippen molar-refractivity contribution in [3.8, 4) is 0 Å². The first-order valence-electron chi connectivity index (χ1n) is 10.7. The Kier molecular flexibility index (Phi) is 5.44. The van der Waals surface area contributed by atoms with Gasteiger partial charge in [-0.15, -0.1) is 0 Å². The quantitative estimate of drug-likeness (QED) is 0.806. The van der Waals surface area contributed by atoms with Gasteiger partial charge in [-0.05, 0) is 64.3 Å². The van der Waals surface area contributed by atoms with Gasteiger partial charge in [0.25, 0.3) is 0 Å². The van der Waals surface area contributed by atoms with Crippen molar-refractivity contribution in [2.75, 3.05) is 37.6 Å². The first kappa shape index (κ1) is 20.4. The van der Waals surface area contributed by atoms with Gasteiger partial charge in [-0.2, -0.15) is 13.2 Å². The number of allylic oxidation sites excluding steroid dienone is 1. The van der Waals surface area contributed by atoms with E-state index in [0.29, 0.717) is 18.8 Å². The number of likely N-dealkylation sites (tertiary alicyclic amines) is 1. The zero-order chi connectivity index (χ0) is 20.8. The summed E-state index contributed by atoms with van der Waals surface area (Å²) < 4.78 is 41.9. The first-order valence-corrected chi connectivity index (χ1v) is 10.7. The molecule has 0 radical (unpaired) electrons. The maximum Gasteiger partial charge on any atom is 0.432 e. The molecule has 2 fully saturated rings. The molecule has 0 spiro atoms. The molecule has 3 aliphatic rings. The Labute approximate surface area is 171 Å². The summed E-state index contributed by atoms with van der Waals surface area (Å²) in [5, 5.41) is 2.87. The normalized spacial score (nSPS) is 23.4. The SMILES string of the molecule is Cc1cc(C)c(N2CCCN3C(CN4CCCCC4)=C(C(F)(F)F)NC32)c(C)c1. The molecule has 160 valence electrons. The molecule has 2 saturated heterocycles. The number of rotatable bonds is 3. The molecule has 4 rings (SSSR count). The van der Waals surface area contributed by atoms with Crippen LogP contribution in [0.3, 0.4) is 0 Å². The fourth-order valence-corrected chi connectivity index (χ4v) is 5.22. The van der Waals surface area contributed by atoms with Crippen molar-refractivity contribution in [1.82, 2.24) is 15.1 Å². The molecule has 3 heterocycles. The second-order valence-electron chi connectivity index (χ2n) is 8.66. The van der Waals surface area contributed by atoms with Crippen LogP contribution < -0.4 is 10.2 Å². The summed E-state index contributed by atoms with van der Waals surface area (Å²) in [5.41, 5.74) is 4.32. The van der Waals surface area contributed by atoms with E-state index in [4.69, 9.17) is 0 Å². The highest BCUT2D eigenvalue weighted by Gasteiger charge is 2.48. The van der Waals surface area contributed by atoms with Crippen LogP contribution >= 0.6 is 0 Å². The number of benzene rings is 1. The molecule has 1 N–H and O–H groups in total. The maximum absolute atomic E-state index is 14.0. The zero-order valence-electron chi connectivity index (χ0n) is 17.6. The van der Waals surface area contributed by atoms with Gasteiger partial charge in [-0.1, -0.05) is 24.1 Å². The van der Waals surface area contributed by atoms with Gasteiger partial charge in [0, 0.05) is 25.3 Å². The number of nitrogens with zero attached hydrogens (tertiary/aromatic N) is 3. The summed E-state index contributed by atoms with van der Waals surface area (Å²) in [5.74, 6) is 0. The lowest BCUT2D eigenvalue weighted by molar-refractivity contribution is -0.0971. The molecular formula is C22H31F3N4. The molecule has 0 aromatic heterocycles. The first-order chi connectivity index (χ1) is 13.8. The van der Waals surface area contributed by atoms with Gasteiger partial charge in [0.05, 0.1) is 5.70 Å². The Morgan fingerprint density at radius 2 is 1.52 bits per heavy atom. The van der Waals surface area contributed by atoms with Gasteiger partial charge in [0.1, 0.15) is 5.70 Å². The Hall–Kier alpha value is -1.89. The number of halogens is 3. The fraction of sp³-hybridized carbons (Fsp3) is 0.636. The molecule has 0 amide bonds. The van der Waals surface area contributed by atoms with Crippen LogP contribution in [0.2, 0.25) is 0 Å². The van der Waals surface area contributed by atoms with Crippen LogP contribution in [-0.2, 0) is 0 Å². The lowest BCUT2D eigenvalue weighted by Crippen LogP contribution is -2.57. The minimum absolute atomic E-state index is 0.373. The van der Waals surface area contributed by atoms with Crippen molar-refractivity contribution in [3.63, 3.8) is 0 Å². The van der Waals surface area contributed by atoms with Gasteiger partial charge < -0.3 is 15.1 Å². The maximum atomic E-state index is 14.0. The van der Waals surface area contributed by atoms with Crippen molar-refractivity contribution >= 4 is 5.69 Å². The Balaban J connectivity index is 1.67. The third-order valence-corrected chi connectivity index (χ3v) is 6.33. The lowest BCUT2D eigenvalue weighted by Gasteiger charge is -2.44. The van der Waals surface area contributed by atoms with E-state index in [1.807, 2.05) is 4.90 Å². The van der Waals surface area contributed by atoms with Crippen LogP contribution in [0.5, 0.6) is 0 Å². The minimum atomic E-state index is -4.37. The van der Waals surface area contributed by atoms with Gasteiger partial charge in [0.2, 0.25) is 0 Å². The number of anilines is 1. The molecule has 0 saturated carbocycles. The predicted molar refractivity (Wildman–Crippen MR) is 110 cm³/mol. The number of aryl methyl sites for hydroxylation is 3. The number of hydrogen-bond donors (Lipinski definition) is 1. The van der Waals surface area contributed by atoms with Gasteiger partial charge in [-0.25, -0.2) is 0 Å². The molecule has 1 aromatic rings. The van der Waals surface area contributed by atoms with Gasteiger partial charge in [0.15, 0.2) is 6.29 Å². The third-order valence-electron chi connectivity index (χ3n) is 6.33. The lowest BCUT2D eigenvalue weighted by atomic mass is 10.0. The van der Waals surface area contributed by atoms with Crippen LogP contribution in [0.4, 0.5) is 18.9 Å². The second kappa shape index (κ2) is 7.74. The summed E-state index contributed by atoms with van der Waals surface area (Å²) in [7, 11) is 0. The average Bonchev–Trinajstić information content (AvgIpc) is 3.01. The smallest absolute Gasteiger partial charge is 0.343 e. The van der Waals surface area contributed by atoms with E-state index in [2.05, 4.69) is 48.0 Å². The van der Waals surface area contributed by atoms with E-state index < -0.39 is 18.2 Å². The van der Waals surface area contributed by atoms with E-state index in [0.717, 1.165) is 55.7 Å². The molecule has 4 nitrogen and oxygen atoms in total. The summed E-state index contributed by atoms with van der Waals surface area (Å²) >= 11 is 0. The topological polar surface area (TPSA) is 21.8 Å². The molecular weight excluding hydrogens is 377 g/mol. The summed E-state index contributed by atoms with van der Waals surface area (Å²) in [6, 6.07) is 4.23. The number of fused-ring (bicyclic) bond motifs is 1. The molecule has 3 aliphatic heterocycles. The summed E-state index contributed by atoms with van der Waals surface area (Å²) in [6.45, 7) is 9.70. The second-order valence-corrected chi connectivity index (χ2v) is 8.66. The zero-order valence-corrected chi connectivity index (χ0v) is 17.6. The van der Waals surface area contributed by atoms with E-state index in [1.54, 1.807) is 0 Å². The minimum Gasteiger partial charge on any atom is -0.343 e. The van der Waals surface area contributed by atoms with E-state index in [9.17, 15) is 13.2 Å². The van der Waals surface area contributed by atoms with E-state index in [-0.39, 0.29) is 0 Å². The summed E-state index contributed by atoms with van der Waals surface area (Å²) in [6.07, 6.45) is -0.684. The largest absolute Gasteiger partial charge is 0.432 e. The Morgan fingerprint density at radius 3 is 2.14 bits per heavy atom. The molecule has 1 unspecified atom stereocenters. The van der Waals surface area contributed by atoms with Crippen molar-refractivity contribution in [1.29, 1.82) is 0 Å². The number of nitrogens with one attached hydrogen (secondary N) is 1. The molecule has 1 aromatic carbocycles. The molecule has 0 aliphatic carbocycles. The standard InChI is InChI=1S/C22H31F3N4/c1-15-12-16(2)19(17(3)13-15)29-11-7-10-28-18(14-27-8-5-4-6-9-27)20(22(23,24)25)26-21(28)29/h12-13,21,26H,4-11,14H2,1-3H3. The number of alkyl halides is 3. The van der Waals surface area contributed by atoms with Crippen LogP contribution in [0.1, 0.15) is 42.4 Å². The Morgan fingerprint density at radius 1 is 0.897 bits per heavy atom. The van der Waals surface area contributed by atoms with Gasteiger partial charge >= 0.3 is 6.18 Å². The molecule has 29 heavy (non-hydrogen) atoms. The highest BCUT2D eigenvalue weighted by molar-refractivity contribution is 5.61. The van der Waals surface area contributed by atoms with Crippen LogP contribution in [0.15, 0.2) is 23.5 Å². The Bertz CT molecular complexity index is 773. The van der Waals surface area contributed by atoms with Crippen molar-refractivity contribution < 1.29 is 13.2 Å². The van der Waals surface area contributed by atoms with Gasteiger partial charge in [-0.3, -0.25) is 4.90 Å². The molecule has 0 bridgehead atoms. The highest BCUT2D eigenvalue weighted by atomic mass is 19.4. The average molecular weight is 409 g/mol. The molecule has 7 heteroatoms. The van der Waals surface area contributed by atoms with Crippen LogP contribution in [0.25, 0.3) is 0 Å². The third kappa shape index (κ3) is 3.93.